The zero-order valence-electron chi connectivity index (χ0n) is 15.9. The molecule has 27 heavy (non-hydrogen) atoms. The number of benzene rings is 2. The van der Waals surface area contributed by atoms with Gasteiger partial charge in [0.25, 0.3) is 0 Å². The van der Waals surface area contributed by atoms with Crippen molar-refractivity contribution in [3.63, 3.8) is 0 Å². The summed E-state index contributed by atoms with van der Waals surface area (Å²) in [7, 11) is 0. The van der Waals surface area contributed by atoms with Gasteiger partial charge in [-0.2, -0.15) is 0 Å². The minimum atomic E-state index is -0.504. The molecule has 1 aliphatic heterocycles. The largest absolute Gasteiger partial charge is 0.327 e. The van der Waals surface area contributed by atoms with Crippen LogP contribution in [0.5, 0.6) is 0 Å². The van der Waals surface area contributed by atoms with E-state index in [1.165, 1.54) is 5.56 Å². The topological polar surface area (TPSA) is 58.2 Å². The first kappa shape index (κ1) is 19.2. The molecule has 0 saturated heterocycles. The second kappa shape index (κ2) is 7.20. The Morgan fingerprint density at radius 3 is 2.15 bits per heavy atom. The molecule has 2 aromatic carbocycles. The van der Waals surface area contributed by atoms with E-state index >= 15 is 0 Å². The molecular formula is C22H23ClN2O2. The van der Waals surface area contributed by atoms with Crippen molar-refractivity contribution >= 4 is 23.4 Å². The molecule has 1 aliphatic rings. The highest BCUT2D eigenvalue weighted by atomic mass is 35.5. The summed E-state index contributed by atoms with van der Waals surface area (Å²) in [5.74, 6) is -0.137. The number of allylic oxidation sites excluding steroid dienone is 1. The molecule has 0 radical (unpaired) electrons. The highest BCUT2D eigenvalue weighted by Crippen LogP contribution is 2.31. The quantitative estimate of drug-likeness (QED) is 0.721. The van der Waals surface area contributed by atoms with Gasteiger partial charge in [-0.05, 0) is 47.7 Å². The van der Waals surface area contributed by atoms with E-state index in [2.05, 4.69) is 31.4 Å². The number of carbonyl (C=O) groups is 2. The first-order valence-corrected chi connectivity index (χ1v) is 9.23. The van der Waals surface area contributed by atoms with E-state index in [1.807, 2.05) is 24.3 Å². The smallest absolute Gasteiger partial charge is 0.319 e. The van der Waals surface area contributed by atoms with Gasteiger partial charge in [-0.25, -0.2) is 4.79 Å². The summed E-state index contributed by atoms with van der Waals surface area (Å²) >= 11 is 5.93. The molecule has 4 nitrogen and oxygen atoms in total. The third kappa shape index (κ3) is 4.06. The summed E-state index contributed by atoms with van der Waals surface area (Å²) < 4.78 is 0. The second-order valence-corrected chi connectivity index (χ2v) is 8.21. The Kier molecular flexibility index (Phi) is 5.11. The van der Waals surface area contributed by atoms with Gasteiger partial charge in [0.1, 0.15) is 0 Å². The van der Waals surface area contributed by atoms with Crippen LogP contribution in [0.2, 0.25) is 5.02 Å². The average molecular weight is 383 g/mol. The Labute approximate surface area is 164 Å². The Hall–Kier alpha value is -2.59. The highest BCUT2D eigenvalue weighted by molar-refractivity contribution is 6.30. The molecule has 0 unspecified atom stereocenters. The molecule has 1 atom stereocenters. The van der Waals surface area contributed by atoms with Crippen LogP contribution in [0.25, 0.3) is 0 Å². The van der Waals surface area contributed by atoms with Gasteiger partial charge in [-0.1, -0.05) is 56.6 Å². The van der Waals surface area contributed by atoms with Crippen molar-refractivity contribution in [2.75, 3.05) is 0 Å². The molecule has 0 bridgehead atoms. The van der Waals surface area contributed by atoms with Gasteiger partial charge in [-0.3, -0.25) is 4.79 Å². The number of hydrogen-bond acceptors (Lipinski definition) is 2. The molecule has 0 spiro atoms. The number of rotatable bonds is 3. The first-order chi connectivity index (χ1) is 12.7. The normalized spacial score (nSPS) is 17.4. The maximum Gasteiger partial charge on any atom is 0.319 e. The van der Waals surface area contributed by atoms with Crippen LogP contribution in [0.3, 0.4) is 0 Å². The fourth-order valence-electron chi connectivity index (χ4n) is 3.18. The van der Waals surface area contributed by atoms with Crippen LogP contribution in [0.1, 0.15) is 55.2 Å². The third-order valence-electron chi connectivity index (χ3n) is 4.73. The van der Waals surface area contributed by atoms with Crippen LogP contribution in [0.4, 0.5) is 4.79 Å². The van der Waals surface area contributed by atoms with Crippen molar-refractivity contribution in [3.8, 4) is 0 Å². The number of ketones is 1. The van der Waals surface area contributed by atoms with Gasteiger partial charge >= 0.3 is 6.03 Å². The maximum absolute atomic E-state index is 13.1. The molecule has 0 saturated carbocycles. The molecule has 2 amide bonds. The van der Waals surface area contributed by atoms with E-state index in [-0.39, 0.29) is 17.2 Å². The van der Waals surface area contributed by atoms with E-state index in [9.17, 15) is 9.59 Å². The predicted molar refractivity (Wildman–Crippen MR) is 108 cm³/mol. The van der Waals surface area contributed by atoms with Crippen molar-refractivity contribution in [2.45, 2.75) is 39.2 Å². The van der Waals surface area contributed by atoms with Crippen LogP contribution in [0, 0.1) is 0 Å². The fraction of sp³-hybridized carbons (Fsp3) is 0.273. The molecule has 0 aliphatic carbocycles. The monoisotopic (exact) mass is 382 g/mol. The van der Waals surface area contributed by atoms with Gasteiger partial charge in [0.05, 0.1) is 6.04 Å². The molecule has 2 N–H and O–H groups in total. The average Bonchev–Trinajstić information content (AvgIpc) is 2.60. The molecule has 0 aromatic heterocycles. The zero-order chi connectivity index (χ0) is 19.8. The summed E-state index contributed by atoms with van der Waals surface area (Å²) in [5.41, 5.74) is 3.71. The number of hydrogen-bond donors (Lipinski definition) is 2. The lowest BCUT2D eigenvalue weighted by atomic mass is 9.84. The Morgan fingerprint density at radius 2 is 1.59 bits per heavy atom. The summed E-state index contributed by atoms with van der Waals surface area (Å²) in [6.07, 6.45) is 0. The van der Waals surface area contributed by atoms with Crippen LogP contribution < -0.4 is 10.6 Å². The van der Waals surface area contributed by atoms with Gasteiger partial charge in [-0.15, -0.1) is 0 Å². The highest BCUT2D eigenvalue weighted by Gasteiger charge is 2.31. The number of halogens is 1. The van der Waals surface area contributed by atoms with Crippen LogP contribution in [-0.2, 0) is 5.41 Å². The van der Waals surface area contributed by atoms with Crippen molar-refractivity contribution in [2.24, 2.45) is 0 Å². The van der Waals surface area contributed by atoms with E-state index < -0.39 is 6.04 Å². The molecule has 3 rings (SSSR count). The van der Waals surface area contributed by atoms with Gasteiger partial charge < -0.3 is 10.6 Å². The summed E-state index contributed by atoms with van der Waals surface area (Å²) in [6.45, 7) is 8.19. The number of nitrogens with one attached hydrogen (secondary N) is 2. The molecule has 2 aromatic rings. The Bertz CT molecular complexity index is 907. The standard InChI is InChI=1S/C22H23ClN2O2/c1-13-18(20(26)15-7-11-17(23)12-8-15)19(25-21(27)24-13)14-5-9-16(10-6-14)22(2,3)4/h5-12,19H,1-4H3,(H2,24,25,27)/t19-/m1/s1. The number of Topliss-reactive ketones (excluding diaryl/α,β-unsaturated/α-hetero) is 1. The van der Waals surface area contributed by atoms with E-state index in [0.29, 0.717) is 21.9 Å². The number of urea groups is 1. The van der Waals surface area contributed by atoms with Crippen molar-refractivity contribution in [1.29, 1.82) is 0 Å². The molecule has 0 fully saturated rings. The second-order valence-electron chi connectivity index (χ2n) is 7.78. The molecule has 1 heterocycles. The lowest BCUT2D eigenvalue weighted by Gasteiger charge is -2.29. The van der Waals surface area contributed by atoms with Gasteiger partial charge in [0.15, 0.2) is 5.78 Å². The molecular weight excluding hydrogens is 360 g/mol. The van der Waals surface area contributed by atoms with Crippen LogP contribution in [-0.4, -0.2) is 11.8 Å². The molecule has 140 valence electrons. The fourth-order valence-corrected chi connectivity index (χ4v) is 3.30. The van der Waals surface area contributed by atoms with E-state index in [4.69, 9.17) is 11.6 Å². The Balaban J connectivity index is 2.01. The number of carbonyl (C=O) groups excluding carboxylic acids is 2. The zero-order valence-corrected chi connectivity index (χ0v) is 16.6. The lowest BCUT2D eigenvalue weighted by Crippen LogP contribution is -2.45. The van der Waals surface area contributed by atoms with Crippen molar-refractivity contribution in [1.82, 2.24) is 10.6 Å². The maximum atomic E-state index is 13.1. The predicted octanol–water partition coefficient (Wildman–Crippen LogP) is 5.15. The summed E-state index contributed by atoms with van der Waals surface area (Å²) in [4.78, 5) is 25.2. The van der Waals surface area contributed by atoms with Crippen LogP contribution >= 0.6 is 11.6 Å². The van der Waals surface area contributed by atoms with Gasteiger partial charge in [0, 0.05) is 21.9 Å². The van der Waals surface area contributed by atoms with Crippen molar-refractivity contribution in [3.05, 3.63) is 81.5 Å². The lowest BCUT2D eigenvalue weighted by molar-refractivity contribution is 0.102. The summed E-state index contributed by atoms with van der Waals surface area (Å²) in [6, 6.07) is 14.0. The van der Waals surface area contributed by atoms with Gasteiger partial charge in [0.2, 0.25) is 0 Å². The SMILES string of the molecule is CC1=C(C(=O)c2ccc(Cl)cc2)[C@@H](c2ccc(C(C)(C)C)cc2)NC(=O)N1. The summed E-state index contributed by atoms with van der Waals surface area (Å²) in [5, 5.41) is 6.16. The van der Waals surface area contributed by atoms with E-state index in [1.54, 1.807) is 31.2 Å². The minimum Gasteiger partial charge on any atom is -0.327 e. The minimum absolute atomic E-state index is 0.0314. The van der Waals surface area contributed by atoms with E-state index in [0.717, 1.165) is 5.56 Å². The number of amides is 2. The first-order valence-electron chi connectivity index (χ1n) is 8.86. The Morgan fingerprint density at radius 1 is 1.00 bits per heavy atom. The third-order valence-corrected chi connectivity index (χ3v) is 4.98. The van der Waals surface area contributed by atoms with Crippen molar-refractivity contribution < 1.29 is 9.59 Å². The van der Waals surface area contributed by atoms with Crippen LogP contribution in [0.15, 0.2) is 59.8 Å². The molecule has 5 heteroatoms.